The van der Waals surface area contributed by atoms with Crippen molar-refractivity contribution in [3.05, 3.63) is 29.8 Å². The Bertz CT molecular complexity index is 523. The van der Waals surface area contributed by atoms with Crippen molar-refractivity contribution in [2.75, 3.05) is 45.9 Å². The van der Waals surface area contributed by atoms with Gasteiger partial charge in [0.1, 0.15) is 11.9 Å². The summed E-state index contributed by atoms with van der Waals surface area (Å²) in [6, 6.07) is 8.02. The van der Waals surface area contributed by atoms with Crippen molar-refractivity contribution < 1.29 is 14.3 Å². The molecular weight excluding hydrogens is 292 g/mol. The number of para-hydroxylation sites is 1. The number of nitrogens with zero attached hydrogens (tertiary/aromatic N) is 2. The zero-order chi connectivity index (χ0) is 16.1. The Morgan fingerprint density at radius 3 is 2.74 bits per heavy atom. The fraction of sp³-hybridized carbons (Fsp3) is 0.611. The fourth-order valence-corrected chi connectivity index (χ4v) is 3.02. The Labute approximate surface area is 138 Å². The number of carbonyl (C=O) groups excluding carboxylic acids is 1. The molecule has 2 heterocycles. The van der Waals surface area contributed by atoms with E-state index in [-0.39, 0.29) is 12.0 Å². The van der Waals surface area contributed by atoms with Gasteiger partial charge in [-0.15, -0.1) is 0 Å². The van der Waals surface area contributed by atoms with E-state index in [0.29, 0.717) is 19.5 Å². The topological polar surface area (TPSA) is 42.0 Å². The molecule has 0 saturated carbocycles. The van der Waals surface area contributed by atoms with Crippen LogP contribution in [0.2, 0.25) is 0 Å². The third-order valence-electron chi connectivity index (χ3n) is 4.56. The summed E-state index contributed by atoms with van der Waals surface area (Å²) in [4.78, 5) is 16.4. The molecule has 1 amide bonds. The van der Waals surface area contributed by atoms with Gasteiger partial charge in [-0.25, -0.2) is 0 Å². The summed E-state index contributed by atoms with van der Waals surface area (Å²) in [6.07, 6.45) is 1.70. The van der Waals surface area contributed by atoms with Gasteiger partial charge in [0, 0.05) is 19.5 Å². The first-order valence-corrected chi connectivity index (χ1v) is 8.52. The van der Waals surface area contributed by atoms with E-state index in [4.69, 9.17) is 9.47 Å². The van der Waals surface area contributed by atoms with Crippen LogP contribution in [0.25, 0.3) is 0 Å². The van der Waals surface area contributed by atoms with Gasteiger partial charge in [-0.05, 0) is 31.5 Å². The summed E-state index contributed by atoms with van der Waals surface area (Å²) in [5.41, 5.74) is 1.14. The van der Waals surface area contributed by atoms with Crippen LogP contribution in [-0.2, 0) is 9.53 Å². The quantitative estimate of drug-likeness (QED) is 0.800. The molecule has 23 heavy (non-hydrogen) atoms. The minimum atomic E-state index is 0.138. The summed E-state index contributed by atoms with van der Waals surface area (Å²) in [7, 11) is 0. The maximum Gasteiger partial charge on any atom is 0.222 e. The Hall–Kier alpha value is -1.59. The van der Waals surface area contributed by atoms with E-state index in [1.807, 2.05) is 36.1 Å². The number of morpholine rings is 1. The lowest BCUT2D eigenvalue weighted by atomic mass is 10.1. The van der Waals surface area contributed by atoms with Crippen molar-refractivity contribution in [2.24, 2.45) is 0 Å². The van der Waals surface area contributed by atoms with Crippen LogP contribution < -0.4 is 4.74 Å². The minimum Gasteiger partial charge on any atom is -0.486 e. The molecule has 2 aliphatic heterocycles. The molecule has 5 heteroatoms. The molecule has 0 N–H and O–H groups in total. The molecular formula is C18H26N2O3. The number of hydrogen-bond acceptors (Lipinski definition) is 4. The molecule has 3 rings (SSSR count). The van der Waals surface area contributed by atoms with Gasteiger partial charge >= 0.3 is 0 Å². The maximum absolute atomic E-state index is 12.2. The number of rotatable bonds is 6. The number of amides is 1. The van der Waals surface area contributed by atoms with Gasteiger partial charge in [0.25, 0.3) is 0 Å². The predicted octanol–water partition coefficient (Wildman–Crippen LogP) is 1.70. The monoisotopic (exact) mass is 318 g/mol. The number of likely N-dealkylation sites (tertiary alicyclic amines) is 1. The third kappa shape index (κ3) is 4.45. The van der Waals surface area contributed by atoms with Crippen LogP contribution >= 0.6 is 0 Å². The molecule has 0 radical (unpaired) electrons. The van der Waals surface area contributed by atoms with Crippen LogP contribution in [-0.4, -0.2) is 67.7 Å². The standard InChI is InChI=1S/C18H26N2O3/c1-15-5-2-3-6-17(15)23-16-13-20(14-16)18(21)7-4-8-19-9-11-22-12-10-19/h2-3,5-6,16H,4,7-14H2,1H3. The van der Waals surface area contributed by atoms with Crippen LogP contribution in [0.15, 0.2) is 24.3 Å². The highest BCUT2D eigenvalue weighted by Crippen LogP contribution is 2.22. The largest absolute Gasteiger partial charge is 0.486 e. The molecule has 2 aliphatic rings. The van der Waals surface area contributed by atoms with Gasteiger partial charge in [0.2, 0.25) is 5.91 Å². The van der Waals surface area contributed by atoms with Crippen LogP contribution in [0.3, 0.4) is 0 Å². The first-order valence-electron chi connectivity index (χ1n) is 8.52. The van der Waals surface area contributed by atoms with Gasteiger partial charge in [0.15, 0.2) is 0 Å². The van der Waals surface area contributed by atoms with E-state index in [0.717, 1.165) is 50.6 Å². The molecule has 126 valence electrons. The molecule has 1 aromatic rings. The zero-order valence-electron chi connectivity index (χ0n) is 13.9. The molecule has 0 unspecified atom stereocenters. The highest BCUT2D eigenvalue weighted by molar-refractivity contribution is 5.77. The van der Waals surface area contributed by atoms with Crippen molar-refractivity contribution in [2.45, 2.75) is 25.9 Å². The molecule has 5 nitrogen and oxygen atoms in total. The molecule has 1 aromatic carbocycles. The number of hydrogen-bond donors (Lipinski definition) is 0. The predicted molar refractivity (Wildman–Crippen MR) is 88.7 cm³/mol. The Kier molecular flexibility index (Phi) is 5.51. The molecule has 2 fully saturated rings. The SMILES string of the molecule is Cc1ccccc1OC1CN(C(=O)CCCN2CCOCC2)C1. The number of aryl methyl sites for hydroxylation is 1. The summed E-state index contributed by atoms with van der Waals surface area (Å²) in [5.74, 6) is 1.18. The van der Waals surface area contributed by atoms with Crippen molar-refractivity contribution in [3.8, 4) is 5.75 Å². The van der Waals surface area contributed by atoms with E-state index < -0.39 is 0 Å². The van der Waals surface area contributed by atoms with Crippen LogP contribution in [0.1, 0.15) is 18.4 Å². The summed E-state index contributed by atoms with van der Waals surface area (Å²) in [5, 5.41) is 0. The van der Waals surface area contributed by atoms with Crippen LogP contribution in [0, 0.1) is 6.92 Å². The second kappa shape index (κ2) is 7.79. The van der Waals surface area contributed by atoms with Crippen molar-refractivity contribution >= 4 is 5.91 Å². The summed E-state index contributed by atoms with van der Waals surface area (Å²) >= 11 is 0. The highest BCUT2D eigenvalue weighted by Gasteiger charge is 2.32. The second-order valence-electron chi connectivity index (χ2n) is 6.36. The van der Waals surface area contributed by atoms with Crippen molar-refractivity contribution in [1.82, 2.24) is 9.80 Å². The maximum atomic E-state index is 12.2. The summed E-state index contributed by atoms with van der Waals surface area (Å²) < 4.78 is 11.3. The van der Waals surface area contributed by atoms with Gasteiger partial charge in [0.05, 0.1) is 26.3 Å². The molecule has 2 saturated heterocycles. The van der Waals surface area contributed by atoms with Crippen LogP contribution in [0.5, 0.6) is 5.75 Å². The second-order valence-corrected chi connectivity index (χ2v) is 6.36. The lowest BCUT2D eigenvalue weighted by Gasteiger charge is -2.39. The van der Waals surface area contributed by atoms with E-state index in [1.165, 1.54) is 0 Å². The van der Waals surface area contributed by atoms with Crippen LogP contribution in [0.4, 0.5) is 0 Å². The number of benzene rings is 1. The smallest absolute Gasteiger partial charge is 0.222 e. The van der Waals surface area contributed by atoms with Gasteiger partial charge in [-0.3, -0.25) is 9.69 Å². The lowest BCUT2D eigenvalue weighted by molar-refractivity contribution is -0.140. The van der Waals surface area contributed by atoms with Gasteiger partial charge < -0.3 is 14.4 Å². The average molecular weight is 318 g/mol. The normalized spacial score (nSPS) is 19.4. The minimum absolute atomic E-state index is 0.138. The van der Waals surface area contributed by atoms with Gasteiger partial charge in [-0.1, -0.05) is 18.2 Å². The number of carbonyl (C=O) groups is 1. The van der Waals surface area contributed by atoms with E-state index >= 15 is 0 Å². The fourth-order valence-electron chi connectivity index (χ4n) is 3.02. The van der Waals surface area contributed by atoms with Gasteiger partial charge in [-0.2, -0.15) is 0 Å². The van der Waals surface area contributed by atoms with E-state index in [9.17, 15) is 4.79 Å². The average Bonchev–Trinajstić information content (AvgIpc) is 2.53. The Morgan fingerprint density at radius 2 is 2.00 bits per heavy atom. The highest BCUT2D eigenvalue weighted by atomic mass is 16.5. The molecule has 0 bridgehead atoms. The third-order valence-corrected chi connectivity index (χ3v) is 4.56. The molecule has 0 atom stereocenters. The zero-order valence-corrected chi connectivity index (χ0v) is 13.9. The lowest BCUT2D eigenvalue weighted by Crippen LogP contribution is -2.56. The van der Waals surface area contributed by atoms with Crippen molar-refractivity contribution in [3.63, 3.8) is 0 Å². The Balaban J connectivity index is 1.32. The number of ether oxygens (including phenoxy) is 2. The Morgan fingerprint density at radius 1 is 1.26 bits per heavy atom. The van der Waals surface area contributed by atoms with Crippen molar-refractivity contribution in [1.29, 1.82) is 0 Å². The molecule has 0 aliphatic carbocycles. The van der Waals surface area contributed by atoms with E-state index in [2.05, 4.69) is 4.90 Å². The van der Waals surface area contributed by atoms with E-state index in [1.54, 1.807) is 0 Å². The molecule has 0 aromatic heterocycles. The summed E-state index contributed by atoms with van der Waals surface area (Å²) in [6.45, 7) is 8.08. The molecule has 0 spiro atoms. The first kappa shape index (κ1) is 16.3. The first-order chi connectivity index (χ1) is 11.2.